The predicted molar refractivity (Wildman–Crippen MR) is 93.2 cm³/mol. The van der Waals surface area contributed by atoms with E-state index in [1.165, 1.54) is 0 Å². The maximum atomic E-state index is 11.7. The van der Waals surface area contributed by atoms with Crippen LogP contribution in [0.15, 0.2) is 47.5 Å². The fraction of sp³-hybridized carbons (Fsp3) is 0.278. The number of nitrogens with zero attached hydrogens (tertiary/aromatic N) is 2. The van der Waals surface area contributed by atoms with Gasteiger partial charge in [0.2, 0.25) is 0 Å². The van der Waals surface area contributed by atoms with E-state index >= 15 is 0 Å². The zero-order valence-electron chi connectivity index (χ0n) is 12.5. The molecule has 2 aromatic rings. The second kappa shape index (κ2) is 5.52. The molecule has 2 aliphatic heterocycles. The molecular weight excluding hydrogens is 331 g/mol. The van der Waals surface area contributed by atoms with E-state index in [2.05, 4.69) is 0 Å². The van der Waals surface area contributed by atoms with Gasteiger partial charge in [-0.15, -0.1) is 0 Å². The van der Waals surface area contributed by atoms with E-state index in [9.17, 15) is 5.11 Å². The van der Waals surface area contributed by atoms with Gasteiger partial charge in [-0.3, -0.25) is 4.99 Å². The molecule has 2 aromatic carbocycles. The van der Waals surface area contributed by atoms with E-state index in [1.54, 1.807) is 12.1 Å². The van der Waals surface area contributed by atoms with E-state index in [-0.39, 0.29) is 0 Å². The summed E-state index contributed by atoms with van der Waals surface area (Å²) in [4.78, 5) is 6.70. The fourth-order valence-corrected chi connectivity index (χ4v) is 3.75. The van der Waals surface area contributed by atoms with Crippen LogP contribution in [-0.2, 0) is 5.72 Å². The van der Waals surface area contributed by atoms with Crippen LogP contribution >= 0.6 is 23.2 Å². The van der Waals surface area contributed by atoms with Gasteiger partial charge < -0.3 is 10.0 Å². The minimum absolute atomic E-state index is 0.440. The molecule has 0 radical (unpaired) electrons. The first-order valence-corrected chi connectivity index (χ1v) is 8.48. The van der Waals surface area contributed by atoms with Gasteiger partial charge in [0.1, 0.15) is 5.84 Å². The molecule has 0 bridgehead atoms. The number of halogens is 2. The average molecular weight is 347 g/mol. The van der Waals surface area contributed by atoms with Crippen molar-refractivity contribution >= 4 is 29.0 Å². The number of benzene rings is 2. The molecule has 4 rings (SSSR count). The Kier molecular flexibility index (Phi) is 3.60. The third kappa shape index (κ3) is 2.18. The highest BCUT2D eigenvalue weighted by Crippen LogP contribution is 2.44. The molecule has 0 aliphatic carbocycles. The number of fused-ring (bicyclic) bond motifs is 3. The van der Waals surface area contributed by atoms with Gasteiger partial charge in [-0.25, -0.2) is 0 Å². The summed E-state index contributed by atoms with van der Waals surface area (Å²) in [5, 5.41) is 12.6. The van der Waals surface area contributed by atoms with E-state index < -0.39 is 5.72 Å². The van der Waals surface area contributed by atoms with E-state index in [4.69, 9.17) is 28.2 Å². The second-order valence-electron chi connectivity index (χ2n) is 5.91. The number of rotatable bonds is 1. The molecular formula is C18H16Cl2N2O. The number of amidine groups is 1. The van der Waals surface area contributed by atoms with Gasteiger partial charge in [0.15, 0.2) is 5.72 Å². The molecule has 0 amide bonds. The molecule has 0 spiro atoms. The summed E-state index contributed by atoms with van der Waals surface area (Å²) in [6.45, 7) is 1.54. The molecule has 0 fully saturated rings. The molecule has 2 aliphatic rings. The molecule has 1 unspecified atom stereocenters. The Hall–Kier alpha value is -1.55. The highest BCUT2D eigenvalue weighted by atomic mass is 35.5. The van der Waals surface area contributed by atoms with Gasteiger partial charge in [-0.2, -0.15) is 0 Å². The van der Waals surface area contributed by atoms with Crippen LogP contribution in [0.4, 0.5) is 0 Å². The molecule has 2 heterocycles. The van der Waals surface area contributed by atoms with E-state index in [0.717, 1.165) is 42.9 Å². The van der Waals surface area contributed by atoms with Crippen molar-refractivity contribution in [1.29, 1.82) is 0 Å². The van der Waals surface area contributed by atoms with Gasteiger partial charge in [0.25, 0.3) is 0 Å². The molecule has 1 N–H and O–H groups in total. The van der Waals surface area contributed by atoms with Crippen LogP contribution in [0, 0.1) is 0 Å². The first-order chi connectivity index (χ1) is 11.1. The number of hydrogen-bond donors (Lipinski definition) is 1. The van der Waals surface area contributed by atoms with Crippen LogP contribution < -0.4 is 0 Å². The van der Waals surface area contributed by atoms with Gasteiger partial charge >= 0.3 is 0 Å². The first-order valence-electron chi connectivity index (χ1n) is 7.72. The Morgan fingerprint density at radius 2 is 1.87 bits per heavy atom. The maximum Gasteiger partial charge on any atom is 0.193 e. The SMILES string of the molecule is OC1(c2ccc(Cl)c(Cl)c2)c2ccccc2C2=NCCCCN21. The molecule has 5 heteroatoms. The zero-order valence-corrected chi connectivity index (χ0v) is 14.0. The highest BCUT2D eigenvalue weighted by molar-refractivity contribution is 6.42. The summed E-state index contributed by atoms with van der Waals surface area (Å²) in [7, 11) is 0. The lowest BCUT2D eigenvalue weighted by atomic mass is 9.93. The smallest absolute Gasteiger partial charge is 0.193 e. The molecule has 3 nitrogen and oxygen atoms in total. The number of aliphatic hydroxyl groups is 1. The van der Waals surface area contributed by atoms with Gasteiger partial charge in [-0.1, -0.05) is 53.5 Å². The van der Waals surface area contributed by atoms with Crippen molar-refractivity contribution in [2.45, 2.75) is 18.6 Å². The lowest BCUT2D eigenvalue weighted by molar-refractivity contribution is -0.0293. The first kappa shape index (κ1) is 15.0. The van der Waals surface area contributed by atoms with E-state index in [0.29, 0.717) is 15.6 Å². The Bertz CT molecular complexity index is 805. The van der Waals surface area contributed by atoms with Gasteiger partial charge in [-0.05, 0) is 25.0 Å². The monoisotopic (exact) mass is 346 g/mol. The summed E-state index contributed by atoms with van der Waals surface area (Å²) in [6, 6.07) is 13.2. The average Bonchev–Trinajstić information content (AvgIpc) is 2.73. The van der Waals surface area contributed by atoms with Gasteiger partial charge in [0.05, 0.1) is 10.0 Å². The van der Waals surface area contributed by atoms with Crippen molar-refractivity contribution in [1.82, 2.24) is 4.90 Å². The summed E-state index contributed by atoms with van der Waals surface area (Å²) in [6.07, 6.45) is 2.02. The Morgan fingerprint density at radius 3 is 2.70 bits per heavy atom. The molecule has 0 aromatic heterocycles. The predicted octanol–water partition coefficient (Wildman–Crippen LogP) is 4.04. The quantitative estimate of drug-likeness (QED) is 0.845. The number of aliphatic imine (C=N–C) groups is 1. The van der Waals surface area contributed by atoms with Crippen LogP contribution in [0.3, 0.4) is 0 Å². The molecule has 23 heavy (non-hydrogen) atoms. The van der Waals surface area contributed by atoms with Crippen LogP contribution in [0.1, 0.15) is 29.5 Å². The molecule has 0 saturated heterocycles. The summed E-state index contributed by atoms with van der Waals surface area (Å²) >= 11 is 12.2. The van der Waals surface area contributed by atoms with Crippen LogP contribution in [0.2, 0.25) is 10.0 Å². The van der Waals surface area contributed by atoms with Crippen molar-refractivity contribution in [2.75, 3.05) is 13.1 Å². The highest BCUT2D eigenvalue weighted by Gasteiger charge is 2.48. The molecule has 0 saturated carbocycles. The minimum atomic E-state index is -1.26. The summed E-state index contributed by atoms with van der Waals surface area (Å²) in [5.41, 5.74) is 1.29. The third-order valence-electron chi connectivity index (χ3n) is 4.56. The Balaban J connectivity index is 1.96. The summed E-state index contributed by atoms with van der Waals surface area (Å²) < 4.78 is 0. The van der Waals surface area contributed by atoms with Crippen molar-refractivity contribution < 1.29 is 5.11 Å². The van der Waals surface area contributed by atoms with Crippen LogP contribution in [0.5, 0.6) is 0 Å². The normalized spacial score (nSPS) is 23.1. The van der Waals surface area contributed by atoms with E-state index in [1.807, 2.05) is 35.2 Å². The van der Waals surface area contributed by atoms with Crippen LogP contribution in [-0.4, -0.2) is 28.9 Å². The lowest BCUT2D eigenvalue weighted by Gasteiger charge is -2.36. The van der Waals surface area contributed by atoms with Crippen molar-refractivity contribution in [3.05, 3.63) is 69.2 Å². The fourth-order valence-electron chi connectivity index (χ4n) is 3.46. The van der Waals surface area contributed by atoms with Crippen molar-refractivity contribution in [2.24, 2.45) is 4.99 Å². The Labute approximate surface area is 145 Å². The minimum Gasteiger partial charge on any atom is -0.363 e. The lowest BCUT2D eigenvalue weighted by Crippen LogP contribution is -2.45. The number of hydrogen-bond acceptors (Lipinski definition) is 3. The standard InChI is InChI=1S/C18H16Cl2N2O/c19-15-8-7-12(11-16(15)20)18(23)14-6-2-1-5-13(14)17-21-9-3-4-10-22(17)18/h1-2,5-8,11,23H,3-4,9-10H2. The molecule has 1 atom stereocenters. The Morgan fingerprint density at radius 1 is 1.04 bits per heavy atom. The summed E-state index contributed by atoms with van der Waals surface area (Å²) in [5.74, 6) is 0.867. The van der Waals surface area contributed by atoms with Crippen molar-refractivity contribution in [3.63, 3.8) is 0 Å². The second-order valence-corrected chi connectivity index (χ2v) is 6.73. The van der Waals surface area contributed by atoms with Gasteiger partial charge in [0, 0.05) is 29.8 Å². The zero-order chi connectivity index (χ0) is 16.0. The largest absolute Gasteiger partial charge is 0.363 e. The van der Waals surface area contributed by atoms with Crippen LogP contribution in [0.25, 0.3) is 0 Å². The topological polar surface area (TPSA) is 35.8 Å². The maximum absolute atomic E-state index is 11.7. The molecule has 118 valence electrons. The van der Waals surface area contributed by atoms with Crippen molar-refractivity contribution in [3.8, 4) is 0 Å². The third-order valence-corrected chi connectivity index (χ3v) is 5.30.